The summed E-state index contributed by atoms with van der Waals surface area (Å²) in [5.74, 6) is -2.47. The van der Waals surface area contributed by atoms with Crippen LogP contribution in [0.2, 0.25) is 10.0 Å². The average molecular weight is 711 g/mol. The van der Waals surface area contributed by atoms with Crippen LogP contribution in [0.4, 0.5) is 25.8 Å². The van der Waals surface area contributed by atoms with Crippen molar-refractivity contribution in [2.45, 2.75) is 37.5 Å². The number of amides is 3. The van der Waals surface area contributed by atoms with Gasteiger partial charge < -0.3 is 21.3 Å². The Morgan fingerprint density at radius 3 is 1.83 bits per heavy atom. The maximum absolute atomic E-state index is 13.6. The Labute approximate surface area is 282 Å². The van der Waals surface area contributed by atoms with Crippen molar-refractivity contribution in [3.63, 3.8) is 0 Å². The van der Waals surface area contributed by atoms with Crippen LogP contribution in [0.15, 0.2) is 65.6 Å². The molecule has 0 radical (unpaired) electrons. The summed E-state index contributed by atoms with van der Waals surface area (Å²) in [5, 5.41) is 11.1. The topological polar surface area (TPSA) is 137 Å². The molecule has 0 aromatic heterocycles. The lowest BCUT2D eigenvalue weighted by Gasteiger charge is -2.31. The summed E-state index contributed by atoms with van der Waals surface area (Å²) in [6.45, 7) is 3.33. The summed E-state index contributed by atoms with van der Waals surface area (Å²) in [5.41, 5.74) is 1.20. The third-order valence-electron chi connectivity index (χ3n) is 7.61. The largest absolute Gasteiger partial charge is 0.326 e. The number of piperidine rings is 2. The molecule has 0 unspecified atom stereocenters. The Kier molecular flexibility index (Phi) is 12.7. The van der Waals surface area contributed by atoms with Crippen molar-refractivity contribution in [3.8, 4) is 0 Å². The van der Waals surface area contributed by atoms with Crippen molar-refractivity contribution in [2.24, 2.45) is 11.8 Å². The van der Waals surface area contributed by atoms with Crippen molar-refractivity contribution in [1.82, 2.24) is 9.62 Å². The average Bonchev–Trinajstić information content (AvgIpc) is 3.05. The molecule has 5 rings (SSSR count). The van der Waals surface area contributed by atoms with E-state index in [9.17, 15) is 31.6 Å². The Morgan fingerprint density at radius 2 is 1.32 bits per heavy atom. The van der Waals surface area contributed by atoms with Crippen LogP contribution in [-0.4, -0.2) is 56.6 Å². The monoisotopic (exact) mass is 709 g/mol. The summed E-state index contributed by atoms with van der Waals surface area (Å²) in [6.07, 6.45) is 2.91. The van der Waals surface area contributed by atoms with Gasteiger partial charge in [0.15, 0.2) is 0 Å². The van der Waals surface area contributed by atoms with E-state index in [1.165, 1.54) is 59.8 Å². The SMILES string of the molecule is CC(=O)Nc1ccc(S(=O)(=O)N2CCC[C@H](C(=O)Nc3ccc(Cl)c(F)c3)C2)cc1.O=C(Nc1ccc(Cl)c(F)c1)[C@H]1CCCNC1. The van der Waals surface area contributed by atoms with E-state index in [0.29, 0.717) is 37.3 Å². The maximum Gasteiger partial charge on any atom is 0.243 e. The predicted octanol–water partition coefficient (Wildman–Crippen LogP) is 5.89. The molecule has 3 aromatic rings. The molecule has 0 bridgehead atoms. The predicted molar refractivity (Wildman–Crippen MR) is 178 cm³/mol. The minimum absolute atomic E-state index is 0.0255. The Morgan fingerprint density at radius 1 is 0.787 bits per heavy atom. The fraction of sp³-hybridized carbons (Fsp3) is 0.344. The Balaban J connectivity index is 0.000000248. The van der Waals surface area contributed by atoms with Crippen molar-refractivity contribution in [3.05, 3.63) is 82.3 Å². The van der Waals surface area contributed by atoms with E-state index in [2.05, 4.69) is 21.3 Å². The first-order valence-corrected chi connectivity index (χ1v) is 17.1. The van der Waals surface area contributed by atoms with Crippen LogP contribution in [0, 0.1) is 23.5 Å². The van der Waals surface area contributed by atoms with Crippen LogP contribution < -0.4 is 21.3 Å². The molecule has 0 aliphatic carbocycles. The van der Waals surface area contributed by atoms with Gasteiger partial charge in [0, 0.05) is 43.6 Å². The van der Waals surface area contributed by atoms with Gasteiger partial charge in [0.25, 0.3) is 0 Å². The fourth-order valence-corrected chi connectivity index (χ4v) is 6.91. The summed E-state index contributed by atoms with van der Waals surface area (Å²) >= 11 is 11.2. The number of halogens is 4. The number of nitrogens with zero attached hydrogens (tertiary/aromatic N) is 1. The van der Waals surface area contributed by atoms with E-state index >= 15 is 0 Å². The highest BCUT2D eigenvalue weighted by atomic mass is 35.5. The quantitative estimate of drug-likeness (QED) is 0.241. The third-order valence-corrected chi connectivity index (χ3v) is 10.1. The Hall–Kier alpha value is -3.62. The van der Waals surface area contributed by atoms with Crippen LogP contribution in [-0.2, 0) is 24.4 Å². The molecule has 3 amide bonds. The van der Waals surface area contributed by atoms with Crippen LogP contribution in [0.5, 0.6) is 0 Å². The molecule has 3 aromatic carbocycles. The van der Waals surface area contributed by atoms with Crippen LogP contribution >= 0.6 is 23.2 Å². The molecule has 10 nitrogen and oxygen atoms in total. The van der Waals surface area contributed by atoms with E-state index in [4.69, 9.17) is 23.2 Å². The number of rotatable bonds is 7. The molecule has 47 heavy (non-hydrogen) atoms. The second kappa shape index (κ2) is 16.5. The van der Waals surface area contributed by atoms with Gasteiger partial charge in [0.2, 0.25) is 27.7 Å². The molecule has 2 atom stereocenters. The van der Waals surface area contributed by atoms with E-state index in [1.54, 1.807) is 6.07 Å². The lowest BCUT2D eigenvalue weighted by atomic mass is 9.99. The van der Waals surface area contributed by atoms with Crippen LogP contribution in [0.1, 0.15) is 32.6 Å². The van der Waals surface area contributed by atoms with Crippen molar-refractivity contribution >= 4 is 68.0 Å². The van der Waals surface area contributed by atoms with Gasteiger partial charge in [0.1, 0.15) is 11.6 Å². The van der Waals surface area contributed by atoms with Gasteiger partial charge in [-0.15, -0.1) is 0 Å². The molecular formula is C32H35Cl2F2N5O5S. The van der Waals surface area contributed by atoms with Gasteiger partial charge in [-0.2, -0.15) is 4.31 Å². The second-order valence-corrected chi connectivity index (χ2v) is 13.9. The zero-order valence-corrected chi connectivity index (χ0v) is 27.8. The zero-order valence-electron chi connectivity index (χ0n) is 25.5. The number of anilines is 3. The second-order valence-electron chi connectivity index (χ2n) is 11.2. The highest BCUT2D eigenvalue weighted by Crippen LogP contribution is 2.27. The normalized spacial score (nSPS) is 18.3. The summed E-state index contributed by atoms with van der Waals surface area (Å²) in [7, 11) is -3.80. The molecule has 2 aliphatic heterocycles. The van der Waals surface area contributed by atoms with Crippen molar-refractivity contribution < 1.29 is 31.6 Å². The molecule has 0 saturated carbocycles. The molecule has 252 valence electrons. The van der Waals surface area contributed by atoms with Gasteiger partial charge in [-0.05, 0) is 92.9 Å². The van der Waals surface area contributed by atoms with Crippen molar-refractivity contribution in [2.75, 3.05) is 42.1 Å². The molecule has 4 N–H and O–H groups in total. The summed E-state index contributed by atoms with van der Waals surface area (Å²) < 4.78 is 54.0. The molecule has 0 spiro atoms. The fourth-order valence-electron chi connectivity index (χ4n) is 5.15. The molecule has 15 heteroatoms. The molecular weight excluding hydrogens is 675 g/mol. The van der Waals surface area contributed by atoms with E-state index in [1.807, 2.05) is 0 Å². The molecule has 2 fully saturated rings. The highest BCUT2D eigenvalue weighted by molar-refractivity contribution is 7.89. The van der Waals surface area contributed by atoms with E-state index in [0.717, 1.165) is 25.5 Å². The number of carbonyl (C=O) groups excluding carboxylic acids is 3. The van der Waals surface area contributed by atoms with E-state index in [-0.39, 0.29) is 50.8 Å². The standard InChI is InChI=1S/C20H21ClFN3O4S.C12H14ClFN2O/c1-13(26)23-15-4-7-17(8-5-15)30(28,29)25-10-2-3-14(12-25)20(27)24-16-6-9-18(21)19(22)11-16;13-10-4-3-9(6-11(10)14)16-12(17)8-2-1-5-15-7-8/h4-9,11,14H,2-3,10,12H2,1H3,(H,23,26)(H,24,27);3-4,6,8,15H,1-2,5,7H2,(H,16,17)/t14-;8-/m00/s1. The zero-order chi connectivity index (χ0) is 34.1. The first kappa shape index (κ1) is 36.2. The van der Waals surface area contributed by atoms with Gasteiger partial charge in [-0.25, -0.2) is 17.2 Å². The molecule has 2 aliphatic rings. The number of hydrogen-bond acceptors (Lipinski definition) is 6. The van der Waals surface area contributed by atoms with Gasteiger partial charge >= 0.3 is 0 Å². The van der Waals surface area contributed by atoms with Gasteiger partial charge in [-0.1, -0.05) is 23.2 Å². The van der Waals surface area contributed by atoms with Gasteiger partial charge in [0.05, 0.1) is 26.8 Å². The number of nitrogens with one attached hydrogen (secondary N) is 4. The highest BCUT2D eigenvalue weighted by Gasteiger charge is 2.33. The van der Waals surface area contributed by atoms with Crippen LogP contribution in [0.3, 0.4) is 0 Å². The first-order valence-electron chi connectivity index (χ1n) is 14.9. The first-order chi connectivity index (χ1) is 22.3. The minimum atomic E-state index is -3.80. The molecule has 2 heterocycles. The number of carbonyl (C=O) groups is 3. The lowest BCUT2D eigenvalue weighted by Crippen LogP contribution is -2.43. The summed E-state index contributed by atoms with van der Waals surface area (Å²) in [4.78, 5) is 35.6. The van der Waals surface area contributed by atoms with E-state index < -0.39 is 27.6 Å². The third kappa shape index (κ3) is 10.2. The number of sulfonamides is 1. The lowest BCUT2D eigenvalue weighted by molar-refractivity contribution is -0.121. The number of hydrogen-bond donors (Lipinski definition) is 4. The summed E-state index contributed by atoms with van der Waals surface area (Å²) in [6, 6.07) is 14.1. The van der Waals surface area contributed by atoms with Crippen LogP contribution in [0.25, 0.3) is 0 Å². The Bertz CT molecular complexity index is 1710. The smallest absolute Gasteiger partial charge is 0.243 e. The van der Waals surface area contributed by atoms with Gasteiger partial charge in [-0.3, -0.25) is 14.4 Å². The number of benzene rings is 3. The molecule has 2 saturated heterocycles. The van der Waals surface area contributed by atoms with Crippen molar-refractivity contribution in [1.29, 1.82) is 0 Å². The minimum Gasteiger partial charge on any atom is -0.326 e. The maximum atomic E-state index is 13.6.